The Bertz CT molecular complexity index is 466. The normalized spacial score (nSPS) is 20.6. The summed E-state index contributed by atoms with van der Waals surface area (Å²) in [4.78, 5) is 12.4. The third kappa shape index (κ3) is 1.75. The van der Waals surface area contributed by atoms with Gasteiger partial charge in [0.2, 0.25) is 5.91 Å². The van der Waals surface area contributed by atoms with E-state index in [-0.39, 0.29) is 22.7 Å². The molecule has 2 heteroatoms. The Morgan fingerprint density at radius 3 is 1.89 bits per heavy atom. The van der Waals surface area contributed by atoms with Crippen LogP contribution < -0.4 is 5.32 Å². The first-order chi connectivity index (χ1) is 8.19. The molecule has 0 aromatic heterocycles. The fourth-order valence-corrected chi connectivity index (χ4v) is 3.06. The molecule has 1 fully saturated rings. The second kappa shape index (κ2) is 3.84. The summed E-state index contributed by atoms with van der Waals surface area (Å²) in [5.41, 5.74) is 3.40. The Hall–Kier alpha value is -1.31. The van der Waals surface area contributed by atoms with Crippen LogP contribution in [-0.2, 0) is 4.79 Å². The molecule has 1 amide bonds. The smallest absolute Gasteiger partial charge is 0.228 e. The molecule has 0 heterocycles. The standard InChI is InChI=1S/C16H23NO/c1-10-8-7-9-11(2)12(10)17-14(18)13-15(3,4)16(13,5)6/h7-9,13H,1-6H3,(H,17,18). The van der Waals surface area contributed by atoms with Crippen LogP contribution in [0, 0.1) is 30.6 Å². The molecule has 1 N–H and O–H groups in total. The van der Waals surface area contributed by atoms with Crippen LogP contribution in [0.2, 0.25) is 0 Å². The highest BCUT2D eigenvalue weighted by Crippen LogP contribution is 2.68. The van der Waals surface area contributed by atoms with Crippen LogP contribution in [0.5, 0.6) is 0 Å². The maximum absolute atomic E-state index is 12.4. The highest BCUT2D eigenvalue weighted by atomic mass is 16.2. The average molecular weight is 245 g/mol. The molecule has 1 aromatic carbocycles. The van der Waals surface area contributed by atoms with Crippen LogP contribution in [0.3, 0.4) is 0 Å². The number of hydrogen-bond acceptors (Lipinski definition) is 1. The van der Waals surface area contributed by atoms with Gasteiger partial charge in [-0.25, -0.2) is 0 Å². The number of carbonyl (C=O) groups excluding carboxylic acids is 1. The molecule has 18 heavy (non-hydrogen) atoms. The summed E-state index contributed by atoms with van der Waals surface area (Å²) in [6.07, 6.45) is 0. The second-order valence-electron chi connectivity index (χ2n) is 6.63. The molecule has 0 saturated heterocycles. The summed E-state index contributed by atoms with van der Waals surface area (Å²) in [6.45, 7) is 12.7. The van der Waals surface area contributed by atoms with E-state index in [1.807, 2.05) is 32.0 Å². The van der Waals surface area contributed by atoms with E-state index >= 15 is 0 Å². The molecule has 0 bridgehead atoms. The Morgan fingerprint density at radius 1 is 1.06 bits per heavy atom. The average Bonchev–Trinajstić information content (AvgIpc) is 2.63. The zero-order valence-corrected chi connectivity index (χ0v) is 12.2. The van der Waals surface area contributed by atoms with Gasteiger partial charge in [-0.05, 0) is 35.8 Å². The summed E-state index contributed by atoms with van der Waals surface area (Å²) >= 11 is 0. The van der Waals surface area contributed by atoms with Gasteiger partial charge in [-0.15, -0.1) is 0 Å². The van der Waals surface area contributed by atoms with Gasteiger partial charge >= 0.3 is 0 Å². The van der Waals surface area contributed by atoms with Gasteiger partial charge in [-0.1, -0.05) is 45.9 Å². The van der Waals surface area contributed by atoms with Crippen LogP contribution in [-0.4, -0.2) is 5.91 Å². The largest absolute Gasteiger partial charge is 0.325 e. The number of rotatable bonds is 2. The Balaban J connectivity index is 2.20. The van der Waals surface area contributed by atoms with Gasteiger partial charge < -0.3 is 5.32 Å². The van der Waals surface area contributed by atoms with Crippen molar-refractivity contribution >= 4 is 11.6 Å². The van der Waals surface area contributed by atoms with Gasteiger partial charge in [-0.3, -0.25) is 4.79 Å². The van der Waals surface area contributed by atoms with Crippen LogP contribution in [0.1, 0.15) is 38.8 Å². The maximum Gasteiger partial charge on any atom is 0.228 e. The van der Waals surface area contributed by atoms with Crippen molar-refractivity contribution in [2.24, 2.45) is 16.7 Å². The number of para-hydroxylation sites is 1. The van der Waals surface area contributed by atoms with E-state index in [0.717, 1.165) is 16.8 Å². The molecule has 1 saturated carbocycles. The molecule has 98 valence electrons. The SMILES string of the molecule is Cc1cccc(C)c1NC(=O)C1C(C)(C)C1(C)C. The summed E-state index contributed by atoms with van der Waals surface area (Å²) in [5.74, 6) is 0.256. The minimum atomic E-state index is 0.0909. The van der Waals surface area contributed by atoms with Crippen molar-refractivity contribution in [3.05, 3.63) is 29.3 Å². The van der Waals surface area contributed by atoms with Crippen LogP contribution >= 0.6 is 0 Å². The number of anilines is 1. The monoisotopic (exact) mass is 245 g/mol. The lowest BCUT2D eigenvalue weighted by molar-refractivity contribution is -0.118. The van der Waals surface area contributed by atoms with Crippen LogP contribution in [0.4, 0.5) is 5.69 Å². The number of benzene rings is 1. The lowest BCUT2D eigenvalue weighted by Gasteiger charge is -2.12. The topological polar surface area (TPSA) is 29.1 Å². The van der Waals surface area contributed by atoms with Gasteiger partial charge in [-0.2, -0.15) is 0 Å². The third-order valence-corrected chi connectivity index (χ3v) is 5.01. The lowest BCUT2D eigenvalue weighted by atomic mass is 10.0. The van der Waals surface area contributed by atoms with E-state index in [4.69, 9.17) is 0 Å². The van der Waals surface area contributed by atoms with E-state index in [1.165, 1.54) is 0 Å². The first kappa shape index (κ1) is 13.1. The molecule has 1 aliphatic rings. The van der Waals surface area contributed by atoms with Gasteiger partial charge in [0.15, 0.2) is 0 Å². The number of aryl methyl sites for hydroxylation is 2. The molecule has 0 spiro atoms. The number of hydrogen-bond donors (Lipinski definition) is 1. The van der Waals surface area contributed by atoms with Crippen LogP contribution in [0.25, 0.3) is 0 Å². The summed E-state index contributed by atoms with van der Waals surface area (Å²) in [6, 6.07) is 6.09. The number of carbonyl (C=O) groups is 1. The van der Waals surface area contributed by atoms with E-state index in [0.29, 0.717) is 0 Å². The molecular formula is C16H23NO. The summed E-state index contributed by atoms with van der Waals surface area (Å²) < 4.78 is 0. The predicted molar refractivity (Wildman–Crippen MR) is 75.6 cm³/mol. The van der Waals surface area contributed by atoms with Gasteiger partial charge in [0.25, 0.3) is 0 Å². The van der Waals surface area contributed by atoms with Crippen molar-refractivity contribution in [3.8, 4) is 0 Å². The quantitative estimate of drug-likeness (QED) is 0.840. The minimum absolute atomic E-state index is 0.0909. The first-order valence-corrected chi connectivity index (χ1v) is 6.56. The molecular weight excluding hydrogens is 222 g/mol. The van der Waals surface area contributed by atoms with Crippen molar-refractivity contribution in [2.75, 3.05) is 5.32 Å². The highest BCUT2D eigenvalue weighted by molar-refractivity contribution is 5.97. The molecule has 1 aliphatic carbocycles. The van der Waals surface area contributed by atoms with Crippen molar-refractivity contribution in [2.45, 2.75) is 41.5 Å². The maximum atomic E-state index is 12.4. The summed E-state index contributed by atoms with van der Waals surface area (Å²) in [5, 5.41) is 3.11. The van der Waals surface area contributed by atoms with Crippen LogP contribution in [0.15, 0.2) is 18.2 Å². The number of nitrogens with one attached hydrogen (secondary N) is 1. The molecule has 0 atom stereocenters. The Labute approximate surface area is 110 Å². The van der Waals surface area contributed by atoms with Gasteiger partial charge in [0, 0.05) is 11.6 Å². The molecule has 0 aliphatic heterocycles. The van der Waals surface area contributed by atoms with E-state index in [1.54, 1.807) is 0 Å². The summed E-state index contributed by atoms with van der Waals surface area (Å²) in [7, 11) is 0. The Kier molecular flexibility index (Phi) is 2.80. The zero-order chi connectivity index (χ0) is 13.7. The molecule has 2 rings (SSSR count). The van der Waals surface area contributed by atoms with Crippen molar-refractivity contribution in [1.29, 1.82) is 0 Å². The second-order valence-corrected chi connectivity index (χ2v) is 6.63. The van der Waals surface area contributed by atoms with E-state index in [2.05, 4.69) is 33.0 Å². The van der Waals surface area contributed by atoms with Gasteiger partial charge in [0.05, 0.1) is 0 Å². The highest BCUT2D eigenvalue weighted by Gasteiger charge is 2.68. The van der Waals surface area contributed by atoms with E-state index < -0.39 is 0 Å². The molecule has 0 unspecified atom stereocenters. The van der Waals surface area contributed by atoms with Crippen molar-refractivity contribution < 1.29 is 4.79 Å². The lowest BCUT2D eigenvalue weighted by Crippen LogP contribution is -2.19. The van der Waals surface area contributed by atoms with Gasteiger partial charge in [0.1, 0.15) is 0 Å². The predicted octanol–water partition coefficient (Wildman–Crippen LogP) is 3.92. The van der Waals surface area contributed by atoms with Crippen molar-refractivity contribution in [3.63, 3.8) is 0 Å². The zero-order valence-electron chi connectivity index (χ0n) is 12.2. The van der Waals surface area contributed by atoms with E-state index in [9.17, 15) is 4.79 Å². The molecule has 0 radical (unpaired) electrons. The first-order valence-electron chi connectivity index (χ1n) is 6.56. The Morgan fingerprint density at radius 2 is 1.50 bits per heavy atom. The fourth-order valence-electron chi connectivity index (χ4n) is 3.06. The van der Waals surface area contributed by atoms with Crippen molar-refractivity contribution in [1.82, 2.24) is 0 Å². The number of amides is 1. The third-order valence-electron chi connectivity index (χ3n) is 5.01. The minimum Gasteiger partial charge on any atom is -0.325 e. The molecule has 2 nitrogen and oxygen atoms in total. The fraction of sp³-hybridized carbons (Fsp3) is 0.562. The molecule has 1 aromatic rings.